The van der Waals surface area contributed by atoms with Gasteiger partial charge in [0.2, 0.25) is 0 Å². The molecular formula is C9H10Br2N2. The van der Waals surface area contributed by atoms with Crippen molar-refractivity contribution in [3.63, 3.8) is 0 Å². The van der Waals surface area contributed by atoms with Crippen LogP contribution in [-0.4, -0.2) is 11.5 Å². The van der Waals surface area contributed by atoms with Gasteiger partial charge in [-0.3, -0.25) is 4.98 Å². The first-order chi connectivity index (χ1) is 6.24. The van der Waals surface area contributed by atoms with Gasteiger partial charge in [-0.25, -0.2) is 0 Å². The van der Waals surface area contributed by atoms with Crippen molar-refractivity contribution in [3.05, 3.63) is 39.6 Å². The van der Waals surface area contributed by atoms with Crippen molar-refractivity contribution in [1.82, 2.24) is 10.3 Å². The highest BCUT2D eigenvalue weighted by Crippen LogP contribution is 2.19. The molecule has 70 valence electrons. The summed E-state index contributed by atoms with van der Waals surface area (Å²) in [7, 11) is 0. The third-order valence-electron chi connectivity index (χ3n) is 1.47. The molecule has 0 amide bonds. The number of nitrogens with one attached hydrogen (secondary N) is 1. The lowest BCUT2D eigenvalue weighted by atomic mass is 10.3. The Balaban J connectivity index is 2.61. The van der Waals surface area contributed by atoms with E-state index < -0.39 is 0 Å². The number of pyridine rings is 1. The zero-order valence-electron chi connectivity index (χ0n) is 7.06. The average molecular weight is 306 g/mol. The van der Waals surface area contributed by atoms with Crippen LogP contribution in [0.1, 0.15) is 5.69 Å². The number of rotatable bonds is 4. The molecular weight excluding hydrogens is 296 g/mol. The monoisotopic (exact) mass is 304 g/mol. The number of hydrogen-bond acceptors (Lipinski definition) is 2. The lowest BCUT2D eigenvalue weighted by Gasteiger charge is -2.03. The molecule has 2 nitrogen and oxygen atoms in total. The highest BCUT2D eigenvalue weighted by Gasteiger charge is 2.00. The second kappa shape index (κ2) is 5.52. The van der Waals surface area contributed by atoms with Gasteiger partial charge in [0.25, 0.3) is 0 Å². The van der Waals surface area contributed by atoms with E-state index >= 15 is 0 Å². The molecule has 1 aromatic rings. The number of halogens is 2. The zero-order valence-corrected chi connectivity index (χ0v) is 10.2. The van der Waals surface area contributed by atoms with Crippen LogP contribution >= 0.6 is 31.9 Å². The Hall–Kier alpha value is -0.190. The van der Waals surface area contributed by atoms with Crippen LogP contribution in [0.5, 0.6) is 0 Å². The van der Waals surface area contributed by atoms with E-state index in [1.54, 1.807) is 6.20 Å². The van der Waals surface area contributed by atoms with Crippen molar-refractivity contribution >= 4 is 31.9 Å². The summed E-state index contributed by atoms with van der Waals surface area (Å²) in [4.78, 5) is 4.26. The van der Waals surface area contributed by atoms with Gasteiger partial charge in [-0.2, -0.15) is 0 Å². The second-order valence-corrected chi connectivity index (χ2v) is 4.27. The summed E-state index contributed by atoms with van der Waals surface area (Å²) in [5.41, 5.74) is 1.00. The molecule has 0 radical (unpaired) electrons. The van der Waals surface area contributed by atoms with Crippen molar-refractivity contribution in [2.45, 2.75) is 6.54 Å². The normalized spacial score (nSPS) is 10.0. The first kappa shape index (κ1) is 10.9. The summed E-state index contributed by atoms with van der Waals surface area (Å²) in [6.45, 7) is 5.17. The summed E-state index contributed by atoms with van der Waals surface area (Å²) < 4.78 is 1.99. The number of nitrogens with zero attached hydrogens (tertiary/aromatic N) is 1. The minimum atomic E-state index is 0.750. The van der Waals surface area contributed by atoms with Gasteiger partial charge in [0.1, 0.15) is 0 Å². The van der Waals surface area contributed by atoms with Crippen LogP contribution in [-0.2, 0) is 6.54 Å². The molecule has 0 saturated heterocycles. The van der Waals surface area contributed by atoms with Gasteiger partial charge < -0.3 is 5.32 Å². The van der Waals surface area contributed by atoms with Gasteiger partial charge in [-0.1, -0.05) is 6.08 Å². The standard InChI is InChI=1S/C9H10Br2N2/c1-2-3-12-6-9-8(11)4-7(10)5-13-9/h2,4-5,12H,1,3,6H2. The molecule has 13 heavy (non-hydrogen) atoms. The minimum Gasteiger partial charge on any atom is -0.308 e. The van der Waals surface area contributed by atoms with Crippen molar-refractivity contribution in [2.75, 3.05) is 6.54 Å². The molecule has 0 bridgehead atoms. The van der Waals surface area contributed by atoms with E-state index in [4.69, 9.17) is 0 Å². The molecule has 0 spiro atoms. The highest BCUT2D eigenvalue weighted by molar-refractivity contribution is 9.11. The van der Waals surface area contributed by atoms with Gasteiger partial charge in [0.05, 0.1) is 5.69 Å². The Bertz CT molecular complexity index is 300. The van der Waals surface area contributed by atoms with E-state index in [-0.39, 0.29) is 0 Å². The maximum atomic E-state index is 4.26. The van der Waals surface area contributed by atoms with Crippen LogP contribution in [0.4, 0.5) is 0 Å². The molecule has 0 aliphatic heterocycles. The molecule has 0 aromatic carbocycles. The molecule has 0 unspecified atom stereocenters. The fourth-order valence-electron chi connectivity index (χ4n) is 0.866. The molecule has 0 aliphatic carbocycles. The van der Waals surface area contributed by atoms with Gasteiger partial charge in [-0.05, 0) is 37.9 Å². The molecule has 1 heterocycles. The lowest BCUT2D eigenvalue weighted by Crippen LogP contribution is -2.13. The molecule has 1 rings (SSSR count). The van der Waals surface area contributed by atoms with Crippen molar-refractivity contribution in [1.29, 1.82) is 0 Å². The van der Waals surface area contributed by atoms with Crippen LogP contribution in [0.3, 0.4) is 0 Å². The van der Waals surface area contributed by atoms with Crippen LogP contribution in [0.25, 0.3) is 0 Å². The van der Waals surface area contributed by atoms with Crippen LogP contribution in [0.2, 0.25) is 0 Å². The van der Waals surface area contributed by atoms with Crippen LogP contribution < -0.4 is 5.32 Å². The quantitative estimate of drug-likeness (QED) is 0.683. The van der Waals surface area contributed by atoms with Gasteiger partial charge in [-0.15, -0.1) is 6.58 Å². The molecule has 0 saturated carbocycles. The largest absolute Gasteiger partial charge is 0.308 e. The Morgan fingerprint density at radius 2 is 2.31 bits per heavy atom. The fraction of sp³-hybridized carbons (Fsp3) is 0.222. The highest BCUT2D eigenvalue weighted by atomic mass is 79.9. The maximum absolute atomic E-state index is 4.26. The van der Waals surface area contributed by atoms with Crippen molar-refractivity contribution in [2.24, 2.45) is 0 Å². The smallest absolute Gasteiger partial charge is 0.0684 e. The third kappa shape index (κ3) is 3.58. The Morgan fingerprint density at radius 1 is 1.54 bits per heavy atom. The zero-order chi connectivity index (χ0) is 9.68. The summed E-state index contributed by atoms with van der Waals surface area (Å²) >= 11 is 6.79. The number of hydrogen-bond donors (Lipinski definition) is 1. The Labute approximate surface area is 94.7 Å². The Morgan fingerprint density at radius 3 is 2.92 bits per heavy atom. The van der Waals surface area contributed by atoms with E-state index in [1.165, 1.54) is 0 Å². The molecule has 0 aliphatic rings. The molecule has 1 N–H and O–H groups in total. The number of aromatic nitrogens is 1. The maximum Gasteiger partial charge on any atom is 0.0684 e. The van der Waals surface area contributed by atoms with Crippen LogP contribution in [0, 0.1) is 0 Å². The van der Waals surface area contributed by atoms with E-state index in [2.05, 4.69) is 48.7 Å². The fourth-order valence-corrected chi connectivity index (χ4v) is 1.99. The second-order valence-electron chi connectivity index (χ2n) is 2.50. The lowest BCUT2D eigenvalue weighted by molar-refractivity contribution is 0.737. The predicted molar refractivity (Wildman–Crippen MR) is 61.5 cm³/mol. The SMILES string of the molecule is C=CCNCc1ncc(Br)cc1Br. The summed E-state index contributed by atoms with van der Waals surface area (Å²) in [6, 6.07) is 1.98. The van der Waals surface area contributed by atoms with Gasteiger partial charge in [0, 0.05) is 28.2 Å². The molecule has 0 fully saturated rings. The third-order valence-corrected chi connectivity index (χ3v) is 2.59. The topological polar surface area (TPSA) is 24.9 Å². The minimum absolute atomic E-state index is 0.750. The molecule has 0 atom stereocenters. The summed E-state index contributed by atoms with van der Waals surface area (Å²) in [5.74, 6) is 0. The van der Waals surface area contributed by atoms with Crippen molar-refractivity contribution in [3.8, 4) is 0 Å². The Kier molecular flexibility index (Phi) is 4.62. The molecule has 1 aromatic heterocycles. The van der Waals surface area contributed by atoms with Gasteiger partial charge in [0.15, 0.2) is 0 Å². The summed E-state index contributed by atoms with van der Waals surface area (Å²) in [6.07, 6.45) is 3.61. The van der Waals surface area contributed by atoms with Gasteiger partial charge >= 0.3 is 0 Å². The van der Waals surface area contributed by atoms with Crippen LogP contribution in [0.15, 0.2) is 33.9 Å². The first-order valence-corrected chi connectivity index (χ1v) is 5.44. The van der Waals surface area contributed by atoms with E-state index in [0.29, 0.717) is 0 Å². The van der Waals surface area contributed by atoms with Crippen molar-refractivity contribution < 1.29 is 0 Å². The van der Waals surface area contributed by atoms with E-state index in [9.17, 15) is 0 Å². The average Bonchev–Trinajstić information content (AvgIpc) is 2.09. The first-order valence-electron chi connectivity index (χ1n) is 3.85. The molecule has 4 heteroatoms. The predicted octanol–water partition coefficient (Wildman–Crippen LogP) is 2.88. The van der Waals surface area contributed by atoms with E-state index in [0.717, 1.165) is 27.7 Å². The summed E-state index contributed by atoms with van der Waals surface area (Å²) in [5, 5.41) is 3.19. The van der Waals surface area contributed by atoms with E-state index in [1.807, 2.05) is 12.1 Å².